The third-order valence-corrected chi connectivity index (χ3v) is 2.95. The maximum Gasteiger partial charge on any atom is 0.335 e. The maximum atomic E-state index is 11.2. The van der Waals surface area contributed by atoms with Crippen LogP contribution in [0.2, 0.25) is 0 Å². The second-order valence-electron chi connectivity index (χ2n) is 4.29. The number of hydrogen-bond donors (Lipinski definition) is 1. The number of carboxylic acid groups (broad SMARTS) is 1. The summed E-state index contributed by atoms with van der Waals surface area (Å²) in [7, 11) is 0. The number of hydrogen-bond acceptors (Lipinski definition) is 3. The van der Waals surface area contributed by atoms with Gasteiger partial charge in [-0.2, -0.15) is 0 Å². The minimum absolute atomic E-state index is 0.202. The average Bonchev–Trinajstić information content (AvgIpc) is 2.48. The van der Waals surface area contributed by atoms with Crippen LogP contribution in [0.1, 0.15) is 10.4 Å². The number of ether oxygens (including phenoxy) is 1. The summed E-state index contributed by atoms with van der Waals surface area (Å²) in [4.78, 5) is 15.1. The second kappa shape index (κ2) is 5.01. The Labute approximate surface area is 115 Å². The van der Waals surface area contributed by atoms with E-state index in [-0.39, 0.29) is 5.56 Å². The van der Waals surface area contributed by atoms with Gasteiger partial charge in [-0.1, -0.05) is 24.3 Å². The van der Waals surface area contributed by atoms with Crippen molar-refractivity contribution in [1.29, 1.82) is 0 Å². The molecule has 1 heterocycles. The van der Waals surface area contributed by atoms with E-state index in [9.17, 15) is 4.79 Å². The van der Waals surface area contributed by atoms with E-state index in [0.29, 0.717) is 11.5 Å². The highest BCUT2D eigenvalue weighted by Gasteiger charge is 2.10. The van der Waals surface area contributed by atoms with E-state index < -0.39 is 5.97 Å². The van der Waals surface area contributed by atoms with Crippen molar-refractivity contribution in [2.24, 2.45) is 0 Å². The Morgan fingerprint density at radius 3 is 2.55 bits per heavy atom. The standard InChI is InChI=1S/C16H11NO3/c18-16(19)12-9-11-3-1-2-4-14(11)15(10-12)20-13-5-7-17-8-6-13/h1-10H,(H,18,19). The quantitative estimate of drug-likeness (QED) is 0.784. The highest BCUT2D eigenvalue weighted by Crippen LogP contribution is 2.31. The van der Waals surface area contributed by atoms with E-state index in [1.165, 1.54) is 6.07 Å². The van der Waals surface area contributed by atoms with Crippen molar-refractivity contribution in [3.63, 3.8) is 0 Å². The minimum atomic E-state index is -0.977. The van der Waals surface area contributed by atoms with Gasteiger partial charge in [-0.15, -0.1) is 0 Å². The summed E-state index contributed by atoms with van der Waals surface area (Å²) in [5.41, 5.74) is 0.202. The number of fused-ring (bicyclic) bond motifs is 1. The molecule has 3 aromatic rings. The Kier molecular flexibility index (Phi) is 3.05. The Hall–Kier alpha value is -2.88. The first-order valence-electron chi connectivity index (χ1n) is 6.08. The van der Waals surface area contributed by atoms with Gasteiger partial charge in [0.25, 0.3) is 0 Å². The monoisotopic (exact) mass is 265 g/mol. The van der Waals surface area contributed by atoms with Crippen LogP contribution in [0.4, 0.5) is 0 Å². The fourth-order valence-corrected chi connectivity index (χ4v) is 2.02. The number of aromatic nitrogens is 1. The largest absolute Gasteiger partial charge is 0.478 e. The van der Waals surface area contributed by atoms with Gasteiger partial charge in [0.05, 0.1) is 5.56 Å². The molecule has 0 spiro atoms. The smallest absolute Gasteiger partial charge is 0.335 e. The van der Waals surface area contributed by atoms with Crippen molar-refractivity contribution >= 4 is 16.7 Å². The third kappa shape index (κ3) is 2.31. The molecule has 3 rings (SSSR count). The van der Waals surface area contributed by atoms with Gasteiger partial charge in [-0.3, -0.25) is 4.98 Å². The topological polar surface area (TPSA) is 59.4 Å². The third-order valence-electron chi connectivity index (χ3n) is 2.95. The van der Waals surface area contributed by atoms with Crippen LogP contribution in [-0.4, -0.2) is 16.1 Å². The number of carboxylic acids is 1. The van der Waals surface area contributed by atoms with Crippen molar-refractivity contribution in [1.82, 2.24) is 4.98 Å². The molecule has 0 saturated heterocycles. The lowest BCUT2D eigenvalue weighted by molar-refractivity contribution is 0.0696. The van der Waals surface area contributed by atoms with Crippen molar-refractivity contribution in [2.75, 3.05) is 0 Å². The molecule has 0 fully saturated rings. The molecule has 0 amide bonds. The van der Waals surface area contributed by atoms with Crippen LogP contribution < -0.4 is 4.74 Å². The molecular formula is C16H11NO3. The summed E-state index contributed by atoms with van der Waals surface area (Å²) in [6.45, 7) is 0. The van der Waals surface area contributed by atoms with Crippen LogP contribution in [0.3, 0.4) is 0 Å². The van der Waals surface area contributed by atoms with Gasteiger partial charge in [0, 0.05) is 17.8 Å². The van der Waals surface area contributed by atoms with Gasteiger partial charge < -0.3 is 9.84 Å². The fourth-order valence-electron chi connectivity index (χ4n) is 2.02. The lowest BCUT2D eigenvalue weighted by Crippen LogP contribution is -1.97. The minimum Gasteiger partial charge on any atom is -0.478 e. The molecule has 4 heteroatoms. The molecule has 0 unspecified atom stereocenters. The molecule has 1 N–H and O–H groups in total. The lowest BCUT2D eigenvalue weighted by atomic mass is 10.1. The maximum absolute atomic E-state index is 11.2. The first kappa shape index (κ1) is 12.2. The summed E-state index contributed by atoms with van der Waals surface area (Å²) < 4.78 is 5.78. The number of benzene rings is 2. The van der Waals surface area contributed by atoms with Gasteiger partial charge in [0.2, 0.25) is 0 Å². The molecule has 0 bridgehead atoms. The summed E-state index contributed by atoms with van der Waals surface area (Å²) in [6.07, 6.45) is 3.25. The number of aromatic carboxylic acids is 1. The zero-order chi connectivity index (χ0) is 13.9. The SMILES string of the molecule is O=C(O)c1cc(Oc2ccncc2)c2ccccc2c1. The highest BCUT2D eigenvalue weighted by atomic mass is 16.5. The van der Waals surface area contributed by atoms with E-state index in [4.69, 9.17) is 9.84 Å². The first-order chi connectivity index (χ1) is 9.74. The lowest BCUT2D eigenvalue weighted by Gasteiger charge is -2.10. The van der Waals surface area contributed by atoms with Crippen molar-refractivity contribution < 1.29 is 14.6 Å². The highest BCUT2D eigenvalue weighted by molar-refractivity contribution is 5.97. The molecule has 4 nitrogen and oxygen atoms in total. The van der Waals surface area contributed by atoms with Crippen LogP contribution in [0.15, 0.2) is 60.9 Å². The van der Waals surface area contributed by atoms with Crippen LogP contribution in [0, 0.1) is 0 Å². The Bertz CT molecular complexity index is 769. The molecule has 2 aromatic carbocycles. The second-order valence-corrected chi connectivity index (χ2v) is 4.29. The Morgan fingerprint density at radius 1 is 1.05 bits per heavy atom. The zero-order valence-corrected chi connectivity index (χ0v) is 10.5. The van der Waals surface area contributed by atoms with Crippen LogP contribution >= 0.6 is 0 Å². The number of carbonyl (C=O) groups is 1. The van der Waals surface area contributed by atoms with Gasteiger partial charge in [-0.05, 0) is 29.7 Å². The molecule has 0 aliphatic rings. The zero-order valence-electron chi connectivity index (χ0n) is 10.5. The Morgan fingerprint density at radius 2 is 1.80 bits per heavy atom. The molecule has 98 valence electrons. The van der Waals surface area contributed by atoms with E-state index in [1.807, 2.05) is 24.3 Å². The summed E-state index contributed by atoms with van der Waals surface area (Å²) >= 11 is 0. The number of pyridine rings is 1. The van der Waals surface area contributed by atoms with Crippen molar-refractivity contribution in [2.45, 2.75) is 0 Å². The van der Waals surface area contributed by atoms with E-state index >= 15 is 0 Å². The van der Waals surface area contributed by atoms with E-state index in [1.54, 1.807) is 30.6 Å². The normalized spacial score (nSPS) is 10.4. The molecular weight excluding hydrogens is 254 g/mol. The molecule has 0 aliphatic heterocycles. The van der Waals surface area contributed by atoms with Gasteiger partial charge in [-0.25, -0.2) is 4.79 Å². The summed E-state index contributed by atoms with van der Waals surface area (Å²) in [6, 6.07) is 14.1. The van der Waals surface area contributed by atoms with E-state index in [2.05, 4.69) is 4.98 Å². The fraction of sp³-hybridized carbons (Fsp3) is 0. The van der Waals surface area contributed by atoms with Crippen molar-refractivity contribution in [3.8, 4) is 11.5 Å². The number of nitrogens with zero attached hydrogens (tertiary/aromatic N) is 1. The van der Waals surface area contributed by atoms with Crippen LogP contribution in [0.5, 0.6) is 11.5 Å². The van der Waals surface area contributed by atoms with Gasteiger partial charge >= 0.3 is 5.97 Å². The first-order valence-corrected chi connectivity index (χ1v) is 6.08. The van der Waals surface area contributed by atoms with Crippen LogP contribution in [0.25, 0.3) is 10.8 Å². The molecule has 0 aliphatic carbocycles. The predicted molar refractivity (Wildman–Crippen MR) is 75.2 cm³/mol. The molecule has 0 radical (unpaired) electrons. The van der Waals surface area contributed by atoms with Crippen LogP contribution in [-0.2, 0) is 0 Å². The average molecular weight is 265 g/mol. The van der Waals surface area contributed by atoms with Gasteiger partial charge in [0.1, 0.15) is 11.5 Å². The molecule has 20 heavy (non-hydrogen) atoms. The van der Waals surface area contributed by atoms with Gasteiger partial charge in [0.15, 0.2) is 0 Å². The van der Waals surface area contributed by atoms with Crippen molar-refractivity contribution in [3.05, 3.63) is 66.5 Å². The summed E-state index contributed by atoms with van der Waals surface area (Å²) in [5.74, 6) is 0.162. The Balaban J connectivity index is 2.15. The van der Waals surface area contributed by atoms with E-state index in [0.717, 1.165) is 10.8 Å². The summed E-state index contributed by atoms with van der Waals surface area (Å²) in [5, 5.41) is 10.9. The molecule has 0 saturated carbocycles. The number of rotatable bonds is 3. The molecule has 1 aromatic heterocycles. The predicted octanol–water partition coefficient (Wildman–Crippen LogP) is 3.73. The molecule has 0 atom stereocenters.